The number of hydrogen-bond donors (Lipinski definition) is 1. The monoisotopic (exact) mass is 262 g/mol. The number of likely N-dealkylation sites (N-methyl/N-ethyl adjacent to an activating group) is 1. The first kappa shape index (κ1) is 12.9. The fraction of sp³-hybridized carbons (Fsp3) is 0.308. The Morgan fingerprint density at radius 1 is 1.33 bits per heavy atom. The van der Waals surface area contributed by atoms with E-state index >= 15 is 0 Å². The van der Waals surface area contributed by atoms with E-state index < -0.39 is 0 Å². The lowest BCUT2D eigenvalue weighted by molar-refractivity contribution is 0.572. The lowest BCUT2D eigenvalue weighted by Gasteiger charge is -2.16. The van der Waals surface area contributed by atoms with E-state index in [9.17, 15) is 0 Å². The van der Waals surface area contributed by atoms with Crippen molar-refractivity contribution in [2.24, 2.45) is 0 Å². The predicted molar refractivity (Wildman–Crippen MR) is 71.5 cm³/mol. The maximum Gasteiger partial charge on any atom is 0.125 e. The van der Waals surface area contributed by atoms with Gasteiger partial charge in [0.2, 0.25) is 0 Å². The van der Waals surface area contributed by atoms with Crippen molar-refractivity contribution in [3.63, 3.8) is 0 Å². The van der Waals surface area contributed by atoms with Gasteiger partial charge in [0, 0.05) is 18.6 Å². The summed E-state index contributed by atoms with van der Waals surface area (Å²) in [6.45, 7) is 1.88. The zero-order valence-electron chi connectivity index (χ0n) is 10.4. The maximum atomic E-state index is 6.12. The van der Waals surface area contributed by atoms with Gasteiger partial charge in [-0.2, -0.15) is 0 Å². The second-order valence-electron chi connectivity index (χ2n) is 4.04. The van der Waals surface area contributed by atoms with Gasteiger partial charge in [0.25, 0.3) is 0 Å². The number of nitrogens with one attached hydrogen (secondary N) is 1. The first-order valence-electron chi connectivity index (χ1n) is 5.76. The molecule has 1 unspecified atom stereocenters. The van der Waals surface area contributed by atoms with Crippen molar-refractivity contribution in [3.05, 3.63) is 52.8 Å². The van der Waals surface area contributed by atoms with Crippen molar-refractivity contribution in [1.82, 2.24) is 20.3 Å². The normalized spacial score (nSPS) is 12.4. The number of halogens is 1. The highest BCUT2D eigenvalue weighted by atomic mass is 35.5. The van der Waals surface area contributed by atoms with E-state index in [1.165, 1.54) is 0 Å². The molecule has 0 aromatic carbocycles. The van der Waals surface area contributed by atoms with Gasteiger partial charge >= 0.3 is 0 Å². The summed E-state index contributed by atoms with van der Waals surface area (Å²) in [6, 6.07) is 3.97. The van der Waals surface area contributed by atoms with Gasteiger partial charge in [-0.05, 0) is 38.1 Å². The Labute approximate surface area is 111 Å². The molecular weight excluding hydrogens is 248 g/mol. The number of pyridine rings is 1. The van der Waals surface area contributed by atoms with Crippen LogP contribution in [0.25, 0.3) is 0 Å². The number of aromatic nitrogens is 3. The second kappa shape index (κ2) is 5.89. The van der Waals surface area contributed by atoms with Crippen LogP contribution >= 0.6 is 11.6 Å². The van der Waals surface area contributed by atoms with Crippen molar-refractivity contribution in [1.29, 1.82) is 0 Å². The maximum absolute atomic E-state index is 6.12. The molecule has 0 saturated carbocycles. The van der Waals surface area contributed by atoms with Crippen LogP contribution in [-0.2, 0) is 6.42 Å². The van der Waals surface area contributed by atoms with Crippen LogP contribution in [0.1, 0.15) is 23.1 Å². The van der Waals surface area contributed by atoms with Crippen molar-refractivity contribution in [3.8, 4) is 0 Å². The molecule has 4 nitrogen and oxygen atoms in total. The highest BCUT2D eigenvalue weighted by Gasteiger charge is 2.13. The zero-order valence-corrected chi connectivity index (χ0v) is 11.1. The Morgan fingerprint density at radius 2 is 2.17 bits per heavy atom. The number of nitrogens with zero attached hydrogens (tertiary/aromatic N) is 3. The molecule has 0 fully saturated rings. The van der Waals surface area contributed by atoms with Gasteiger partial charge in [-0.25, -0.2) is 9.97 Å². The zero-order chi connectivity index (χ0) is 13.0. The van der Waals surface area contributed by atoms with Crippen molar-refractivity contribution in [2.45, 2.75) is 19.4 Å². The number of hydrogen-bond acceptors (Lipinski definition) is 4. The second-order valence-corrected chi connectivity index (χ2v) is 4.45. The molecule has 2 aromatic rings. The van der Waals surface area contributed by atoms with E-state index in [1.807, 2.05) is 26.1 Å². The number of rotatable bonds is 4. The molecule has 2 rings (SSSR count). The highest BCUT2D eigenvalue weighted by Crippen LogP contribution is 2.21. The molecule has 18 heavy (non-hydrogen) atoms. The summed E-state index contributed by atoms with van der Waals surface area (Å²) >= 11 is 6.12. The Bertz CT molecular complexity index is 530. The summed E-state index contributed by atoms with van der Waals surface area (Å²) in [5, 5.41) is 3.94. The third-order valence-electron chi connectivity index (χ3n) is 2.78. The minimum Gasteiger partial charge on any atom is -0.311 e. The van der Waals surface area contributed by atoms with Crippen molar-refractivity contribution in [2.75, 3.05) is 7.05 Å². The van der Waals surface area contributed by atoms with E-state index in [1.54, 1.807) is 18.6 Å². The summed E-state index contributed by atoms with van der Waals surface area (Å²) in [5.74, 6) is 0.772. The lowest BCUT2D eigenvalue weighted by Crippen LogP contribution is -2.20. The molecule has 0 spiro atoms. The van der Waals surface area contributed by atoms with Gasteiger partial charge in [-0.1, -0.05) is 11.6 Å². The Balaban J connectivity index is 2.23. The minimum absolute atomic E-state index is 0.117. The largest absolute Gasteiger partial charge is 0.311 e. The quantitative estimate of drug-likeness (QED) is 0.919. The molecule has 5 heteroatoms. The summed E-state index contributed by atoms with van der Waals surface area (Å²) in [5.41, 5.74) is 2.03. The van der Waals surface area contributed by atoms with Crippen LogP contribution in [0.5, 0.6) is 0 Å². The third kappa shape index (κ3) is 3.03. The minimum atomic E-state index is 0.117. The van der Waals surface area contributed by atoms with Crippen LogP contribution in [0.3, 0.4) is 0 Å². The summed E-state index contributed by atoms with van der Waals surface area (Å²) in [4.78, 5) is 12.5. The van der Waals surface area contributed by atoms with Gasteiger partial charge in [0.15, 0.2) is 0 Å². The van der Waals surface area contributed by atoms with Gasteiger partial charge in [0.05, 0.1) is 16.8 Å². The fourth-order valence-corrected chi connectivity index (χ4v) is 2.01. The topological polar surface area (TPSA) is 50.7 Å². The van der Waals surface area contributed by atoms with Crippen LogP contribution in [0.15, 0.2) is 30.7 Å². The fourth-order valence-electron chi connectivity index (χ4n) is 1.81. The average molecular weight is 263 g/mol. The average Bonchev–Trinajstić information content (AvgIpc) is 2.38. The molecule has 94 valence electrons. The van der Waals surface area contributed by atoms with Crippen molar-refractivity contribution < 1.29 is 0 Å². The summed E-state index contributed by atoms with van der Waals surface area (Å²) in [7, 11) is 1.91. The first-order chi connectivity index (χ1) is 8.70. The van der Waals surface area contributed by atoms with Crippen LogP contribution in [0.2, 0.25) is 5.02 Å². The van der Waals surface area contributed by atoms with E-state index in [0.29, 0.717) is 5.02 Å². The molecule has 1 atom stereocenters. The molecule has 0 aliphatic carbocycles. The molecule has 0 radical (unpaired) electrons. The Hall–Kier alpha value is -1.52. The van der Waals surface area contributed by atoms with Crippen LogP contribution in [0, 0.1) is 6.92 Å². The van der Waals surface area contributed by atoms with E-state index in [2.05, 4.69) is 20.3 Å². The molecule has 0 aliphatic rings. The van der Waals surface area contributed by atoms with Crippen LogP contribution < -0.4 is 5.32 Å². The molecule has 2 heterocycles. The standard InChI is InChI=1S/C13H15ClN4/c1-9-17-6-4-12(18-9)13(15-2)7-10-3-5-16-8-11(10)14/h3-6,8,13,15H,7H2,1-2H3. The van der Waals surface area contributed by atoms with E-state index in [0.717, 1.165) is 23.5 Å². The predicted octanol–water partition coefficient (Wildman–Crippen LogP) is 2.34. The third-order valence-corrected chi connectivity index (χ3v) is 3.12. The summed E-state index contributed by atoms with van der Waals surface area (Å²) in [6.07, 6.45) is 5.96. The molecule has 0 amide bonds. The molecule has 0 saturated heterocycles. The Kier molecular flexibility index (Phi) is 4.23. The number of aryl methyl sites for hydroxylation is 1. The van der Waals surface area contributed by atoms with Gasteiger partial charge in [-0.15, -0.1) is 0 Å². The van der Waals surface area contributed by atoms with E-state index in [-0.39, 0.29) is 6.04 Å². The van der Waals surface area contributed by atoms with Gasteiger partial charge in [0.1, 0.15) is 5.82 Å². The Morgan fingerprint density at radius 3 is 2.83 bits per heavy atom. The van der Waals surface area contributed by atoms with Crippen molar-refractivity contribution >= 4 is 11.6 Å². The van der Waals surface area contributed by atoms with Gasteiger partial charge < -0.3 is 5.32 Å². The summed E-state index contributed by atoms with van der Waals surface area (Å²) < 4.78 is 0. The SMILES string of the molecule is CNC(Cc1ccncc1Cl)c1ccnc(C)n1. The van der Waals surface area contributed by atoms with E-state index in [4.69, 9.17) is 11.6 Å². The van der Waals surface area contributed by atoms with Crippen LogP contribution in [-0.4, -0.2) is 22.0 Å². The molecule has 1 N–H and O–H groups in total. The molecule has 2 aromatic heterocycles. The first-order valence-corrected chi connectivity index (χ1v) is 6.13. The molecule has 0 aliphatic heterocycles. The van der Waals surface area contributed by atoms with Gasteiger partial charge in [-0.3, -0.25) is 4.98 Å². The lowest BCUT2D eigenvalue weighted by atomic mass is 10.0. The smallest absolute Gasteiger partial charge is 0.125 e. The highest BCUT2D eigenvalue weighted by molar-refractivity contribution is 6.31. The van der Waals surface area contributed by atoms with Crippen LogP contribution in [0.4, 0.5) is 0 Å². The molecule has 0 bridgehead atoms. The molecular formula is C13H15ClN4.